The number of aromatic nitrogens is 2. The summed E-state index contributed by atoms with van der Waals surface area (Å²) < 4.78 is 2.65. The predicted molar refractivity (Wildman–Crippen MR) is 74.7 cm³/mol. The Balaban J connectivity index is 2.19. The summed E-state index contributed by atoms with van der Waals surface area (Å²) in [4.78, 5) is 12.0. The van der Waals surface area contributed by atoms with Crippen LogP contribution in [0.3, 0.4) is 0 Å². The van der Waals surface area contributed by atoms with Gasteiger partial charge in [0, 0.05) is 16.7 Å². The van der Waals surface area contributed by atoms with E-state index in [0.717, 1.165) is 22.4 Å². The molecule has 2 rings (SSSR count). The number of nitrogens with zero attached hydrogens (tertiary/aromatic N) is 2. The standard InChI is InChI=1S/C13H14BrN3O/c1-3-17-9(2)8-12(16-17)13(18)15-11-7-5-4-6-10(11)14/h4-8H,3H2,1-2H3,(H,15,18). The highest BCUT2D eigenvalue weighted by Gasteiger charge is 2.12. The molecular weight excluding hydrogens is 294 g/mol. The first-order valence-corrected chi connectivity index (χ1v) is 6.51. The van der Waals surface area contributed by atoms with Crippen molar-refractivity contribution >= 4 is 27.5 Å². The van der Waals surface area contributed by atoms with Crippen LogP contribution in [0.5, 0.6) is 0 Å². The summed E-state index contributed by atoms with van der Waals surface area (Å²) in [6.07, 6.45) is 0. The largest absolute Gasteiger partial charge is 0.320 e. The summed E-state index contributed by atoms with van der Waals surface area (Å²) in [5.74, 6) is -0.197. The topological polar surface area (TPSA) is 46.9 Å². The maximum absolute atomic E-state index is 12.0. The van der Waals surface area contributed by atoms with Gasteiger partial charge in [-0.15, -0.1) is 0 Å². The molecule has 0 aliphatic heterocycles. The lowest BCUT2D eigenvalue weighted by atomic mass is 10.3. The van der Waals surface area contributed by atoms with Gasteiger partial charge in [0.25, 0.3) is 5.91 Å². The average Bonchev–Trinajstić information content (AvgIpc) is 2.73. The monoisotopic (exact) mass is 307 g/mol. The highest BCUT2D eigenvalue weighted by Crippen LogP contribution is 2.21. The van der Waals surface area contributed by atoms with Gasteiger partial charge in [0.05, 0.1) is 5.69 Å². The Morgan fingerprint density at radius 2 is 2.17 bits per heavy atom. The van der Waals surface area contributed by atoms with Gasteiger partial charge in [-0.1, -0.05) is 12.1 Å². The summed E-state index contributed by atoms with van der Waals surface area (Å²) >= 11 is 3.39. The number of benzene rings is 1. The molecule has 4 nitrogen and oxygen atoms in total. The number of rotatable bonds is 3. The second-order valence-electron chi connectivity index (χ2n) is 3.92. The van der Waals surface area contributed by atoms with Gasteiger partial charge in [0.1, 0.15) is 0 Å². The number of aryl methyl sites for hydroxylation is 2. The fourth-order valence-corrected chi connectivity index (χ4v) is 2.07. The van der Waals surface area contributed by atoms with E-state index < -0.39 is 0 Å². The second kappa shape index (κ2) is 5.35. The molecular formula is C13H14BrN3O. The first-order chi connectivity index (χ1) is 8.61. The van der Waals surface area contributed by atoms with Gasteiger partial charge >= 0.3 is 0 Å². The van der Waals surface area contributed by atoms with E-state index >= 15 is 0 Å². The highest BCUT2D eigenvalue weighted by atomic mass is 79.9. The van der Waals surface area contributed by atoms with Crippen LogP contribution in [0.25, 0.3) is 0 Å². The Labute approximate surface area is 114 Å². The third-order valence-corrected chi connectivity index (χ3v) is 3.33. The van der Waals surface area contributed by atoms with Crippen molar-refractivity contribution in [3.8, 4) is 0 Å². The van der Waals surface area contributed by atoms with Crippen LogP contribution in [-0.2, 0) is 6.54 Å². The van der Waals surface area contributed by atoms with Crippen LogP contribution in [0, 0.1) is 6.92 Å². The van der Waals surface area contributed by atoms with Crippen molar-refractivity contribution in [3.05, 3.63) is 46.2 Å². The number of anilines is 1. The molecule has 0 unspecified atom stereocenters. The molecule has 1 heterocycles. The van der Waals surface area contributed by atoms with E-state index in [1.165, 1.54) is 0 Å². The van der Waals surface area contributed by atoms with Crippen molar-refractivity contribution < 1.29 is 4.79 Å². The molecule has 0 saturated heterocycles. The number of carbonyl (C=O) groups excluding carboxylic acids is 1. The number of nitrogens with one attached hydrogen (secondary N) is 1. The summed E-state index contributed by atoms with van der Waals surface area (Å²) in [6, 6.07) is 9.28. The normalized spacial score (nSPS) is 10.4. The Kier molecular flexibility index (Phi) is 3.81. The van der Waals surface area contributed by atoms with E-state index in [2.05, 4.69) is 26.3 Å². The Morgan fingerprint density at radius 1 is 1.44 bits per heavy atom. The lowest BCUT2D eigenvalue weighted by Gasteiger charge is -2.04. The molecule has 1 aromatic carbocycles. The molecule has 0 radical (unpaired) electrons. The van der Waals surface area contributed by atoms with Crippen molar-refractivity contribution in [1.82, 2.24) is 9.78 Å². The maximum atomic E-state index is 12.0. The number of halogens is 1. The van der Waals surface area contributed by atoms with Crippen LogP contribution in [0.2, 0.25) is 0 Å². The van der Waals surface area contributed by atoms with Crippen molar-refractivity contribution in [3.63, 3.8) is 0 Å². The highest BCUT2D eigenvalue weighted by molar-refractivity contribution is 9.10. The molecule has 94 valence electrons. The number of hydrogen-bond donors (Lipinski definition) is 1. The zero-order valence-corrected chi connectivity index (χ0v) is 11.9. The molecule has 0 fully saturated rings. The molecule has 2 aromatic rings. The lowest BCUT2D eigenvalue weighted by molar-refractivity contribution is 0.102. The van der Waals surface area contributed by atoms with Crippen molar-refractivity contribution in [2.24, 2.45) is 0 Å². The van der Waals surface area contributed by atoms with Gasteiger partial charge in [-0.25, -0.2) is 0 Å². The number of amides is 1. The molecule has 0 bridgehead atoms. The first-order valence-electron chi connectivity index (χ1n) is 5.72. The molecule has 1 N–H and O–H groups in total. The Morgan fingerprint density at radius 3 is 2.78 bits per heavy atom. The van der Waals surface area contributed by atoms with Gasteiger partial charge in [-0.2, -0.15) is 5.10 Å². The van der Waals surface area contributed by atoms with E-state index in [4.69, 9.17) is 0 Å². The van der Waals surface area contributed by atoms with Crippen LogP contribution in [0.4, 0.5) is 5.69 Å². The Bertz CT molecular complexity index is 577. The number of carbonyl (C=O) groups is 1. The van der Waals surface area contributed by atoms with E-state index in [9.17, 15) is 4.79 Å². The van der Waals surface area contributed by atoms with Crippen molar-refractivity contribution in [2.75, 3.05) is 5.32 Å². The summed E-state index contributed by atoms with van der Waals surface area (Å²) in [5, 5.41) is 7.07. The van der Waals surface area contributed by atoms with Gasteiger partial charge in [0.2, 0.25) is 0 Å². The van der Waals surface area contributed by atoms with Crippen molar-refractivity contribution in [2.45, 2.75) is 20.4 Å². The molecule has 1 amide bonds. The van der Waals surface area contributed by atoms with Crippen LogP contribution >= 0.6 is 15.9 Å². The Hall–Kier alpha value is -1.62. The summed E-state index contributed by atoms with van der Waals surface area (Å²) in [7, 11) is 0. The van der Waals surface area contributed by atoms with Gasteiger partial charge in [-0.3, -0.25) is 9.48 Å². The summed E-state index contributed by atoms with van der Waals surface area (Å²) in [5.41, 5.74) is 2.16. The molecule has 1 aromatic heterocycles. The van der Waals surface area contributed by atoms with Crippen LogP contribution < -0.4 is 5.32 Å². The second-order valence-corrected chi connectivity index (χ2v) is 4.78. The minimum absolute atomic E-state index is 0.197. The molecule has 0 atom stereocenters. The van der Waals surface area contributed by atoms with E-state index in [0.29, 0.717) is 5.69 Å². The van der Waals surface area contributed by atoms with Gasteiger partial charge in [0.15, 0.2) is 5.69 Å². The third kappa shape index (κ3) is 2.61. The smallest absolute Gasteiger partial charge is 0.276 e. The molecule has 0 aliphatic rings. The molecule has 0 spiro atoms. The third-order valence-electron chi connectivity index (χ3n) is 2.64. The molecule has 0 saturated carbocycles. The van der Waals surface area contributed by atoms with Gasteiger partial charge < -0.3 is 5.32 Å². The van der Waals surface area contributed by atoms with Crippen LogP contribution in [0.15, 0.2) is 34.8 Å². The molecule has 5 heteroatoms. The fraction of sp³-hybridized carbons (Fsp3) is 0.231. The minimum atomic E-state index is -0.197. The van der Waals surface area contributed by atoms with Gasteiger partial charge in [-0.05, 0) is 48.0 Å². The predicted octanol–water partition coefficient (Wildman–Crippen LogP) is 3.23. The number of para-hydroxylation sites is 1. The zero-order chi connectivity index (χ0) is 13.1. The van der Waals surface area contributed by atoms with Crippen LogP contribution in [-0.4, -0.2) is 15.7 Å². The van der Waals surface area contributed by atoms with Crippen LogP contribution in [0.1, 0.15) is 23.1 Å². The average molecular weight is 308 g/mol. The summed E-state index contributed by atoms with van der Waals surface area (Å²) in [6.45, 7) is 4.69. The first kappa shape index (κ1) is 12.8. The number of hydrogen-bond acceptors (Lipinski definition) is 2. The van der Waals surface area contributed by atoms with Crippen molar-refractivity contribution in [1.29, 1.82) is 0 Å². The molecule has 18 heavy (non-hydrogen) atoms. The quantitative estimate of drug-likeness (QED) is 0.946. The van der Waals surface area contributed by atoms with E-state index in [1.807, 2.05) is 38.1 Å². The molecule has 0 aliphatic carbocycles. The zero-order valence-electron chi connectivity index (χ0n) is 10.3. The maximum Gasteiger partial charge on any atom is 0.276 e. The fourth-order valence-electron chi connectivity index (χ4n) is 1.69. The van der Waals surface area contributed by atoms with E-state index in [-0.39, 0.29) is 5.91 Å². The minimum Gasteiger partial charge on any atom is -0.320 e. The van der Waals surface area contributed by atoms with E-state index in [1.54, 1.807) is 10.7 Å². The lowest BCUT2D eigenvalue weighted by Crippen LogP contribution is -2.13. The SMILES string of the molecule is CCn1nc(C(=O)Nc2ccccc2Br)cc1C.